The topological polar surface area (TPSA) is 59.0 Å². The van der Waals surface area contributed by atoms with E-state index in [4.69, 9.17) is 9.47 Å². The lowest BCUT2D eigenvalue weighted by atomic mass is 9.84. The van der Waals surface area contributed by atoms with E-state index < -0.39 is 5.60 Å². The second kappa shape index (κ2) is 7.21. The summed E-state index contributed by atoms with van der Waals surface area (Å²) in [5.74, 6) is 1.13. The molecular formula is C18H27NO4. The molecule has 0 unspecified atom stereocenters. The minimum absolute atomic E-state index is 0.189. The monoisotopic (exact) mass is 321 g/mol. The van der Waals surface area contributed by atoms with Crippen LogP contribution in [0, 0.1) is 6.92 Å². The maximum atomic E-state index is 12.6. The van der Waals surface area contributed by atoms with Gasteiger partial charge in [-0.2, -0.15) is 0 Å². The first kappa shape index (κ1) is 17.6. The molecule has 2 rings (SSSR count). The van der Waals surface area contributed by atoms with Crippen molar-refractivity contribution in [3.63, 3.8) is 0 Å². The maximum absolute atomic E-state index is 12.6. The summed E-state index contributed by atoms with van der Waals surface area (Å²) in [6.45, 7) is 2.41. The van der Waals surface area contributed by atoms with Crippen molar-refractivity contribution >= 4 is 5.91 Å². The van der Waals surface area contributed by atoms with E-state index in [9.17, 15) is 9.90 Å². The van der Waals surface area contributed by atoms with E-state index in [2.05, 4.69) is 0 Å². The van der Waals surface area contributed by atoms with E-state index >= 15 is 0 Å². The number of rotatable bonds is 5. The Hall–Kier alpha value is -1.75. The Morgan fingerprint density at radius 2 is 1.74 bits per heavy atom. The number of amides is 1. The molecule has 0 aliphatic heterocycles. The Morgan fingerprint density at radius 1 is 1.17 bits per heavy atom. The summed E-state index contributed by atoms with van der Waals surface area (Å²) >= 11 is 0. The second-order valence-electron chi connectivity index (χ2n) is 6.39. The normalized spacial score (nSPS) is 16.7. The van der Waals surface area contributed by atoms with Gasteiger partial charge in [-0.25, -0.2) is 0 Å². The van der Waals surface area contributed by atoms with Crippen LogP contribution in [0.3, 0.4) is 0 Å². The largest absolute Gasteiger partial charge is 0.493 e. The van der Waals surface area contributed by atoms with E-state index in [1.807, 2.05) is 19.1 Å². The summed E-state index contributed by atoms with van der Waals surface area (Å²) in [5.41, 5.74) is 0.813. The molecule has 1 amide bonds. The van der Waals surface area contributed by atoms with Gasteiger partial charge in [0.2, 0.25) is 0 Å². The highest BCUT2D eigenvalue weighted by Gasteiger charge is 2.39. The smallest absolute Gasteiger partial charge is 0.254 e. The molecule has 1 fully saturated rings. The molecule has 1 aromatic rings. The molecule has 0 bridgehead atoms. The molecule has 1 N–H and O–H groups in total. The number of likely N-dealkylation sites (N-methyl/N-ethyl adjacent to an activating group) is 1. The van der Waals surface area contributed by atoms with Crippen LogP contribution in [0.4, 0.5) is 0 Å². The predicted octanol–water partition coefficient (Wildman–Crippen LogP) is 2.67. The summed E-state index contributed by atoms with van der Waals surface area (Å²) in [5, 5.41) is 10.6. The Kier molecular flexibility index (Phi) is 5.52. The standard InChI is InChI=1S/C18H27NO4/c1-13-10-15(22-3)16(23-4)11-14(13)12-19(2)17(20)18(21)8-6-5-7-9-18/h10-11,21H,5-9,12H2,1-4H3. The lowest BCUT2D eigenvalue weighted by Crippen LogP contribution is -2.48. The molecule has 23 heavy (non-hydrogen) atoms. The highest BCUT2D eigenvalue weighted by atomic mass is 16.5. The third-order valence-electron chi connectivity index (χ3n) is 4.68. The van der Waals surface area contributed by atoms with Gasteiger partial charge in [0.25, 0.3) is 5.91 Å². The molecular weight excluding hydrogens is 294 g/mol. The van der Waals surface area contributed by atoms with Gasteiger partial charge in [-0.05, 0) is 43.0 Å². The Bertz CT molecular complexity index is 564. The van der Waals surface area contributed by atoms with Gasteiger partial charge in [-0.15, -0.1) is 0 Å². The zero-order valence-electron chi connectivity index (χ0n) is 14.5. The van der Waals surface area contributed by atoms with Gasteiger partial charge < -0.3 is 19.5 Å². The first-order chi connectivity index (χ1) is 10.9. The van der Waals surface area contributed by atoms with Crippen molar-refractivity contribution in [3.8, 4) is 11.5 Å². The van der Waals surface area contributed by atoms with E-state index in [-0.39, 0.29) is 5.91 Å². The fourth-order valence-corrected chi connectivity index (χ4v) is 3.23. The minimum atomic E-state index is -1.20. The predicted molar refractivity (Wildman–Crippen MR) is 88.8 cm³/mol. The highest BCUT2D eigenvalue weighted by Crippen LogP contribution is 2.32. The molecule has 0 heterocycles. The quantitative estimate of drug-likeness (QED) is 0.906. The molecule has 1 aliphatic rings. The first-order valence-electron chi connectivity index (χ1n) is 8.10. The number of ether oxygens (including phenoxy) is 2. The van der Waals surface area contributed by atoms with Crippen LogP contribution in [-0.2, 0) is 11.3 Å². The summed E-state index contributed by atoms with van der Waals surface area (Å²) in [7, 11) is 4.94. The average Bonchev–Trinajstić information content (AvgIpc) is 2.56. The number of aliphatic hydroxyl groups is 1. The lowest BCUT2D eigenvalue weighted by Gasteiger charge is -2.34. The fraction of sp³-hybridized carbons (Fsp3) is 0.611. The first-order valence-corrected chi connectivity index (χ1v) is 8.10. The van der Waals surface area contributed by atoms with Crippen LogP contribution < -0.4 is 9.47 Å². The van der Waals surface area contributed by atoms with E-state index in [1.54, 1.807) is 26.2 Å². The van der Waals surface area contributed by atoms with Gasteiger partial charge in [0, 0.05) is 13.6 Å². The fourth-order valence-electron chi connectivity index (χ4n) is 3.23. The number of carbonyl (C=O) groups excluding carboxylic acids is 1. The van der Waals surface area contributed by atoms with Crippen molar-refractivity contribution in [2.45, 2.75) is 51.2 Å². The summed E-state index contributed by atoms with van der Waals surface area (Å²) in [6.07, 6.45) is 4.02. The number of hydrogen-bond acceptors (Lipinski definition) is 4. The molecule has 0 spiro atoms. The zero-order valence-corrected chi connectivity index (χ0v) is 14.5. The van der Waals surface area contributed by atoms with Crippen LogP contribution in [0.1, 0.15) is 43.2 Å². The number of methoxy groups -OCH3 is 2. The summed E-state index contributed by atoms with van der Waals surface area (Å²) in [4.78, 5) is 14.2. The minimum Gasteiger partial charge on any atom is -0.493 e. The van der Waals surface area contributed by atoms with Crippen molar-refractivity contribution in [2.75, 3.05) is 21.3 Å². The number of carbonyl (C=O) groups is 1. The van der Waals surface area contributed by atoms with Crippen LogP contribution in [0.2, 0.25) is 0 Å². The van der Waals surface area contributed by atoms with Gasteiger partial charge >= 0.3 is 0 Å². The molecule has 128 valence electrons. The molecule has 0 saturated heterocycles. The molecule has 0 radical (unpaired) electrons. The molecule has 5 heteroatoms. The Morgan fingerprint density at radius 3 is 2.30 bits per heavy atom. The van der Waals surface area contributed by atoms with Gasteiger partial charge in [0.05, 0.1) is 14.2 Å². The number of nitrogens with zero attached hydrogens (tertiary/aromatic N) is 1. The van der Waals surface area contributed by atoms with E-state index in [0.717, 1.165) is 30.4 Å². The van der Waals surface area contributed by atoms with Crippen LogP contribution in [0.25, 0.3) is 0 Å². The van der Waals surface area contributed by atoms with Crippen molar-refractivity contribution < 1.29 is 19.4 Å². The molecule has 1 saturated carbocycles. The molecule has 0 atom stereocenters. The molecule has 0 aromatic heterocycles. The molecule has 5 nitrogen and oxygen atoms in total. The van der Waals surface area contributed by atoms with Crippen molar-refractivity contribution in [2.24, 2.45) is 0 Å². The second-order valence-corrected chi connectivity index (χ2v) is 6.39. The number of aryl methyl sites for hydroxylation is 1. The third kappa shape index (κ3) is 3.78. The maximum Gasteiger partial charge on any atom is 0.254 e. The van der Waals surface area contributed by atoms with Gasteiger partial charge in [0.15, 0.2) is 11.5 Å². The third-order valence-corrected chi connectivity index (χ3v) is 4.68. The van der Waals surface area contributed by atoms with Crippen LogP contribution in [0.15, 0.2) is 12.1 Å². The zero-order chi connectivity index (χ0) is 17.0. The summed E-state index contributed by atoms with van der Waals surface area (Å²) in [6, 6.07) is 3.80. The lowest BCUT2D eigenvalue weighted by molar-refractivity contribution is -0.153. The average molecular weight is 321 g/mol. The van der Waals surface area contributed by atoms with E-state index in [0.29, 0.717) is 30.9 Å². The SMILES string of the molecule is COc1cc(C)c(CN(C)C(=O)C2(O)CCCCC2)cc1OC. The van der Waals surface area contributed by atoms with Gasteiger partial charge in [-0.3, -0.25) is 4.79 Å². The highest BCUT2D eigenvalue weighted by molar-refractivity contribution is 5.84. The van der Waals surface area contributed by atoms with Gasteiger partial charge in [0.1, 0.15) is 5.60 Å². The van der Waals surface area contributed by atoms with Crippen molar-refractivity contribution in [1.29, 1.82) is 0 Å². The van der Waals surface area contributed by atoms with Crippen molar-refractivity contribution in [1.82, 2.24) is 4.90 Å². The Labute approximate surface area is 138 Å². The van der Waals surface area contributed by atoms with Crippen LogP contribution in [-0.4, -0.2) is 42.8 Å². The number of benzene rings is 1. The summed E-state index contributed by atoms with van der Waals surface area (Å²) < 4.78 is 10.6. The van der Waals surface area contributed by atoms with Crippen molar-refractivity contribution in [3.05, 3.63) is 23.3 Å². The van der Waals surface area contributed by atoms with E-state index in [1.165, 1.54) is 0 Å². The molecule has 1 aliphatic carbocycles. The Balaban J connectivity index is 2.16. The molecule has 1 aromatic carbocycles. The van der Waals surface area contributed by atoms with Crippen LogP contribution >= 0.6 is 0 Å². The van der Waals surface area contributed by atoms with Gasteiger partial charge in [-0.1, -0.05) is 19.3 Å². The number of hydrogen-bond donors (Lipinski definition) is 1. The van der Waals surface area contributed by atoms with Crippen LogP contribution in [0.5, 0.6) is 11.5 Å².